The van der Waals surface area contributed by atoms with E-state index in [-0.39, 0.29) is 11.9 Å². The largest absolute Gasteiger partial charge is 0.494 e. The molecule has 3 rings (SSSR count). The monoisotopic (exact) mass is 397 g/mol. The first kappa shape index (κ1) is 20.0. The van der Waals surface area contributed by atoms with Crippen molar-refractivity contribution in [3.05, 3.63) is 82.9 Å². The normalized spacial score (nSPS) is 11.8. The van der Waals surface area contributed by atoms with Gasteiger partial charge in [-0.3, -0.25) is 4.79 Å². The summed E-state index contributed by atoms with van der Waals surface area (Å²) in [5.41, 5.74) is 1.47. The van der Waals surface area contributed by atoms with Gasteiger partial charge in [0, 0.05) is 30.0 Å². The van der Waals surface area contributed by atoms with Crippen LogP contribution in [0.5, 0.6) is 5.75 Å². The van der Waals surface area contributed by atoms with E-state index in [1.165, 1.54) is 0 Å². The van der Waals surface area contributed by atoms with Crippen LogP contribution in [-0.2, 0) is 7.05 Å². The van der Waals surface area contributed by atoms with Crippen molar-refractivity contribution in [2.45, 2.75) is 25.8 Å². The lowest BCUT2D eigenvalue weighted by Gasteiger charge is -2.19. The SMILES string of the molecule is CCCCOc1ccc(C(=O)NC(c2ccc(Cl)cc2)c2nccn2C)cc1. The van der Waals surface area contributed by atoms with Crippen molar-refractivity contribution in [1.29, 1.82) is 0 Å². The first-order valence-electron chi connectivity index (χ1n) is 9.35. The lowest BCUT2D eigenvalue weighted by Crippen LogP contribution is -2.31. The van der Waals surface area contributed by atoms with Crippen LogP contribution in [0.3, 0.4) is 0 Å². The number of nitrogens with one attached hydrogen (secondary N) is 1. The lowest BCUT2D eigenvalue weighted by molar-refractivity contribution is 0.0941. The molecule has 6 heteroatoms. The third-order valence-corrected chi connectivity index (χ3v) is 4.73. The van der Waals surface area contributed by atoms with Crippen molar-refractivity contribution in [3.63, 3.8) is 0 Å². The number of ether oxygens (including phenoxy) is 1. The standard InChI is InChI=1S/C22H24ClN3O2/c1-3-4-15-28-19-11-7-17(8-12-19)22(27)25-20(21-24-13-14-26(21)2)16-5-9-18(23)10-6-16/h5-14,20H,3-4,15H2,1-2H3,(H,25,27). The Morgan fingerprint density at radius 1 is 1.18 bits per heavy atom. The van der Waals surface area contributed by atoms with Gasteiger partial charge in [-0.1, -0.05) is 37.1 Å². The molecule has 0 radical (unpaired) electrons. The number of hydrogen-bond donors (Lipinski definition) is 1. The quantitative estimate of drug-likeness (QED) is 0.557. The van der Waals surface area contributed by atoms with Gasteiger partial charge >= 0.3 is 0 Å². The van der Waals surface area contributed by atoms with Crippen molar-refractivity contribution in [1.82, 2.24) is 14.9 Å². The van der Waals surface area contributed by atoms with Gasteiger partial charge in [-0.25, -0.2) is 4.98 Å². The highest BCUT2D eigenvalue weighted by atomic mass is 35.5. The van der Waals surface area contributed by atoms with E-state index in [9.17, 15) is 4.79 Å². The number of rotatable bonds is 8. The maximum atomic E-state index is 12.9. The van der Waals surface area contributed by atoms with Gasteiger partial charge in [0.1, 0.15) is 17.6 Å². The van der Waals surface area contributed by atoms with E-state index in [0.29, 0.717) is 17.2 Å². The molecule has 1 N–H and O–H groups in total. The van der Waals surface area contributed by atoms with E-state index in [0.717, 1.165) is 30.0 Å². The molecular weight excluding hydrogens is 374 g/mol. The first-order chi connectivity index (χ1) is 13.6. The molecule has 3 aromatic rings. The fourth-order valence-electron chi connectivity index (χ4n) is 2.86. The number of halogens is 1. The number of carbonyl (C=O) groups is 1. The summed E-state index contributed by atoms with van der Waals surface area (Å²) in [6.45, 7) is 2.80. The number of carbonyl (C=O) groups excluding carboxylic acids is 1. The molecule has 0 saturated carbocycles. The summed E-state index contributed by atoms with van der Waals surface area (Å²) in [6, 6.07) is 14.2. The van der Waals surface area contributed by atoms with Gasteiger partial charge in [0.2, 0.25) is 0 Å². The molecule has 1 aromatic heterocycles. The molecule has 1 amide bonds. The smallest absolute Gasteiger partial charge is 0.252 e. The number of aryl methyl sites for hydroxylation is 1. The Hall–Kier alpha value is -2.79. The minimum absolute atomic E-state index is 0.178. The van der Waals surface area contributed by atoms with Gasteiger partial charge in [-0.2, -0.15) is 0 Å². The minimum Gasteiger partial charge on any atom is -0.494 e. The predicted molar refractivity (Wildman–Crippen MR) is 111 cm³/mol. The Morgan fingerprint density at radius 2 is 1.89 bits per heavy atom. The molecule has 0 spiro atoms. The fraction of sp³-hybridized carbons (Fsp3) is 0.273. The van der Waals surface area contributed by atoms with Crippen LogP contribution in [0.1, 0.15) is 47.6 Å². The summed E-state index contributed by atoms with van der Waals surface area (Å²) in [5.74, 6) is 1.33. The zero-order chi connectivity index (χ0) is 19.9. The van der Waals surface area contributed by atoms with Crippen LogP contribution in [0.15, 0.2) is 60.9 Å². The van der Waals surface area contributed by atoms with E-state index in [2.05, 4.69) is 17.2 Å². The van der Waals surface area contributed by atoms with E-state index < -0.39 is 0 Å². The summed E-state index contributed by atoms with van der Waals surface area (Å²) in [7, 11) is 1.90. The average Bonchev–Trinajstić information content (AvgIpc) is 3.13. The Balaban J connectivity index is 1.78. The molecule has 5 nitrogen and oxygen atoms in total. The van der Waals surface area contributed by atoms with Crippen LogP contribution in [0.2, 0.25) is 5.02 Å². The summed E-state index contributed by atoms with van der Waals surface area (Å²) in [4.78, 5) is 17.3. The Bertz CT molecular complexity index is 904. The Labute approximate surface area is 170 Å². The maximum Gasteiger partial charge on any atom is 0.252 e. The lowest BCUT2D eigenvalue weighted by atomic mass is 10.1. The van der Waals surface area contributed by atoms with Gasteiger partial charge < -0.3 is 14.6 Å². The molecule has 1 atom stereocenters. The molecule has 0 aliphatic rings. The van der Waals surface area contributed by atoms with Crippen molar-refractivity contribution in [3.8, 4) is 5.75 Å². The van der Waals surface area contributed by atoms with Gasteiger partial charge in [0.05, 0.1) is 6.61 Å². The van der Waals surface area contributed by atoms with Crippen molar-refractivity contribution in [2.75, 3.05) is 6.61 Å². The second-order valence-corrected chi connectivity index (χ2v) is 7.02. The van der Waals surface area contributed by atoms with Gasteiger partial charge in [-0.05, 0) is 48.4 Å². The van der Waals surface area contributed by atoms with Crippen LogP contribution in [0.25, 0.3) is 0 Å². The number of benzene rings is 2. The highest BCUT2D eigenvalue weighted by Crippen LogP contribution is 2.23. The average molecular weight is 398 g/mol. The molecular formula is C22H24ClN3O2. The molecule has 1 heterocycles. The fourth-order valence-corrected chi connectivity index (χ4v) is 2.98. The molecule has 2 aromatic carbocycles. The minimum atomic E-state index is -0.384. The van der Waals surface area contributed by atoms with E-state index in [1.54, 1.807) is 30.5 Å². The Kier molecular flexibility index (Phi) is 6.71. The third kappa shape index (κ3) is 4.93. The number of nitrogens with zero attached hydrogens (tertiary/aromatic N) is 2. The predicted octanol–water partition coefficient (Wildman–Crippen LogP) is 4.77. The van der Waals surface area contributed by atoms with Crippen LogP contribution in [-0.4, -0.2) is 22.1 Å². The highest BCUT2D eigenvalue weighted by Gasteiger charge is 2.21. The highest BCUT2D eigenvalue weighted by molar-refractivity contribution is 6.30. The number of imidazole rings is 1. The number of aromatic nitrogens is 2. The summed E-state index contributed by atoms with van der Waals surface area (Å²) >= 11 is 6.01. The molecule has 28 heavy (non-hydrogen) atoms. The second-order valence-electron chi connectivity index (χ2n) is 6.58. The van der Waals surface area contributed by atoms with Gasteiger partial charge in [-0.15, -0.1) is 0 Å². The molecule has 146 valence electrons. The van der Waals surface area contributed by atoms with Gasteiger partial charge in [0.25, 0.3) is 5.91 Å². The van der Waals surface area contributed by atoms with Crippen LogP contribution >= 0.6 is 11.6 Å². The summed E-state index contributed by atoms with van der Waals surface area (Å²) < 4.78 is 7.55. The van der Waals surface area contributed by atoms with E-state index >= 15 is 0 Å². The number of hydrogen-bond acceptors (Lipinski definition) is 3. The zero-order valence-corrected chi connectivity index (χ0v) is 16.8. The topological polar surface area (TPSA) is 56.1 Å². The van der Waals surface area contributed by atoms with Crippen LogP contribution < -0.4 is 10.1 Å². The van der Waals surface area contributed by atoms with Crippen molar-refractivity contribution >= 4 is 17.5 Å². The zero-order valence-electron chi connectivity index (χ0n) is 16.1. The molecule has 0 saturated heterocycles. The van der Waals surface area contributed by atoms with Crippen molar-refractivity contribution < 1.29 is 9.53 Å². The van der Waals surface area contributed by atoms with E-state index in [1.807, 2.05) is 42.1 Å². The Morgan fingerprint density at radius 3 is 2.50 bits per heavy atom. The van der Waals surface area contributed by atoms with Crippen LogP contribution in [0.4, 0.5) is 0 Å². The van der Waals surface area contributed by atoms with Crippen molar-refractivity contribution in [2.24, 2.45) is 7.05 Å². The number of amides is 1. The molecule has 1 unspecified atom stereocenters. The van der Waals surface area contributed by atoms with Crippen LogP contribution in [0, 0.1) is 0 Å². The molecule has 0 fully saturated rings. The summed E-state index contributed by atoms with van der Waals surface area (Å²) in [6.07, 6.45) is 5.66. The first-order valence-corrected chi connectivity index (χ1v) is 9.72. The van der Waals surface area contributed by atoms with E-state index in [4.69, 9.17) is 16.3 Å². The molecule has 0 aliphatic heterocycles. The number of unbranched alkanes of at least 4 members (excludes halogenated alkanes) is 1. The maximum absolute atomic E-state index is 12.9. The van der Waals surface area contributed by atoms with Gasteiger partial charge in [0.15, 0.2) is 0 Å². The second kappa shape index (κ2) is 9.42. The molecule has 0 aliphatic carbocycles. The molecule has 0 bridgehead atoms. The third-order valence-electron chi connectivity index (χ3n) is 4.48. The summed E-state index contributed by atoms with van der Waals surface area (Å²) in [5, 5.41) is 3.72.